The highest BCUT2D eigenvalue weighted by atomic mass is 19.4. The fourth-order valence-electron chi connectivity index (χ4n) is 3.12. The smallest absolute Gasteiger partial charge is 0.488 e. The lowest BCUT2D eigenvalue weighted by Gasteiger charge is -2.14. The quantitative estimate of drug-likeness (QED) is 0.481. The van der Waals surface area contributed by atoms with E-state index in [1.165, 1.54) is 12.1 Å². The number of alkyl halides is 3. The van der Waals surface area contributed by atoms with E-state index in [2.05, 4.69) is 0 Å². The SMILES string of the molecule is Bc1cc(COc2ccccc2CC(=O)OCC)cc2c1ccn2C(F)(F)F. The number of para-hydroxylation sites is 1. The van der Waals surface area contributed by atoms with Crippen molar-refractivity contribution in [1.82, 2.24) is 4.57 Å². The summed E-state index contributed by atoms with van der Waals surface area (Å²) in [5.74, 6) is 0.137. The van der Waals surface area contributed by atoms with Crippen molar-refractivity contribution in [1.29, 1.82) is 0 Å². The molecule has 0 unspecified atom stereocenters. The highest BCUT2D eigenvalue weighted by Gasteiger charge is 2.31. The summed E-state index contributed by atoms with van der Waals surface area (Å²) in [4.78, 5) is 11.7. The highest BCUT2D eigenvalue weighted by molar-refractivity contribution is 6.38. The Morgan fingerprint density at radius 2 is 1.93 bits per heavy atom. The van der Waals surface area contributed by atoms with Crippen LogP contribution >= 0.6 is 0 Å². The third-order valence-corrected chi connectivity index (χ3v) is 4.35. The first-order chi connectivity index (χ1) is 13.3. The standard InChI is InChI=1S/C20H19BF3NO3/c1-2-27-19(26)11-14-5-3-4-6-18(14)28-12-13-9-16(21)15-7-8-25(17(15)10-13)20(22,23)24/h3-10H,2,11-12,21H2,1H3. The maximum absolute atomic E-state index is 13.2. The van der Waals surface area contributed by atoms with Crippen LogP contribution in [0.3, 0.4) is 0 Å². The van der Waals surface area contributed by atoms with Gasteiger partial charge in [0.2, 0.25) is 0 Å². The number of aromatic nitrogens is 1. The number of halogens is 3. The number of fused-ring (bicyclic) bond motifs is 1. The van der Waals surface area contributed by atoms with Gasteiger partial charge in [-0.3, -0.25) is 9.36 Å². The molecule has 146 valence electrons. The summed E-state index contributed by atoms with van der Waals surface area (Å²) in [5, 5.41) is 0.545. The fraction of sp³-hybridized carbons (Fsp3) is 0.250. The molecule has 0 aliphatic rings. The third kappa shape index (κ3) is 4.32. The molecule has 2 aromatic carbocycles. The number of carbonyl (C=O) groups excluding carboxylic acids is 1. The summed E-state index contributed by atoms with van der Waals surface area (Å²) in [6.07, 6.45) is -3.39. The Balaban J connectivity index is 1.84. The number of rotatable bonds is 6. The van der Waals surface area contributed by atoms with Crippen LogP contribution in [0.2, 0.25) is 0 Å². The van der Waals surface area contributed by atoms with E-state index in [1.807, 2.05) is 0 Å². The molecule has 3 aromatic rings. The summed E-state index contributed by atoms with van der Waals surface area (Å²) >= 11 is 0. The van der Waals surface area contributed by atoms with Gasteiger partial charge in [-0.15, -0.1) is 13.2 Å². The Morgan fingerprint density at radius 3 is 2.64 bits per heavy atom. The van der Waals surface area contributed by atoms with Crippen molar-refractivity contribution < 1.29 is 27.4 Å². The number of carbonyl (C=O) groups is 1. The Hall–Kier alpha value is -2.90. The molecule has 0 amide bonds. The number of hydrogen-bond donors (Lipinski definition) is 0. The number of esters is 1. The molecule has 28 heavy (non-hydrogen) atoms. The van der Waals surface area contributed by atoms with Crippen molar-refractivity contribution in [3.05, 3.63) is 59.8 Å². The highest BCUT2D eigenvalue weighted by Crippen LogP contribution is 2.29. The molecule has 0 spiro atoms. The first kappa shape index (κ1) is 19.9. The molecule has 0 atom stereocenters. The van der Waals surface area contributed by atoms with Crippen LogP contribution in [0.1, 0.15) is 18.1 Å². The van der Waals surface area contributed by atoms with Crippen molar-refractivity contribution in [2.24, 2.45) is 0 Å². The van der Waals surface area contributed by atoms with Gasteiger partial charge in [0.25, 0.3) is 0 Å². The first-order valence-corrected chi connectivity index (χ1v) is 8.83. The molecule has 0 radical (unpaired) electrons. The van der Waals surface area contributed by atoms with Gasteiger partial charge in [-0.2, -0.15) is 0 Å². The topological polar surface area (TPSA) is 40.5 Å². The zero-order valence-electron chi connectivity index (χ0n) is 15.5. The van der Waals surface area contributed by atoms with E-state index in [4.69, 9.17) is 9.47 Å². The van der Waals surface area contributed by atoms with Gasteiger partial charge in [-0.1, -0.05) is 29.7 Å². The van der Waals surface area contributed by atoms with Crippen molar-refractivity contribution in [2.75, 3.05) is 6.61 Å². The predicted molar refractivity (Wildman–Crippen MR) is 103 cm³/mol. The molecule has 0 aliphatic carbocycles. The second kappa shape index (κ2) is 8.00. The molecule has 0 N–H and O–H groups in total. The average Bonchev–Trinajstić information content (AvgIpc) is 3.06. The van der Waals surface area contributed by atoms with Crippen molar-refractivity contribution in [3.8, 4) is 5.75 Å². The van der Waals surface area contributed by atoms with E-state index < -0.39 is 6.30 Å². The van der Waals surface area contributed by atoms with Crippen LogP contribution in [0, 0.1) is 0 Å². The maximum atomic E-state index is 13.2. The summed E-state index contributed by atoms with van der Waals surface area (Å²) in [6, 6.07) is 11.8. The minimum absolute atomic E-state index is 0.0685. The lowest BCUT2D eigenvalue weighted by Crippen LogP contribution is -2.16. The van der Waals surface area contributed by atoms with E-state index in [1.54, 1.807) is 45.1 Å². The molecule has 0 aliphatic heterocycles. The minimum atomic E-state index is -4.49. The molecule has 1 aromatic heterocycles. The second-order valence-corrected chi connectivity index (χ2v) is 6.38. The van der Waals surface area contributed by atoms with Gasteiger partial charge in [0.1, 0.15) is 20.2 Å². The molecule has 8 heteroatoms. The van der Waals surface area contributed by atoms with Gasteiger partial charge >= 0.3 is 12.3 Å². The van der Waals surface area contributed by atoms with Crippen LogP contribution in [0.25, 0.3) is 10.9 Å². The minimum Gasteiger partial charge on any atom is -0.489 e. The van der Waals surface area contributed by atoms with Gasteiger partial charge < -0.3 is 9.47 Å². The van der Waals surface area contributed by atoms with Crippen molar-refractivity contribution in [2.45, 2.75) is 26.3 Å². The lowest BCUT2D eigenvalue weighted by molar-refractivity contribution is -0.200. The van der Waals surface area contributed by atoms with Crippen LogP contribution < -0.4 is 10.2 Å². The second-order valence-electron chi connectivity index (χ2n) is 6.38. The van der Waals surface area contributed by atoms with E-state index in [0.29, 0.717) is 33.4 Å². The van der Waals surface area contributed by atoms with Crippen LogP contribution in [0.4, 0.5) is 13.2 Å². The number of ether oxygens (including phenoxy) is 2. The van der Waals surface area contributed by atoms with E-state index in [-0.39, 0.29) is 24.5 Å². The van der Waals surface area contributed by atoms with E-state index in [0.717, 1.165) is 11.7 Å². The largest absolute Gasteiger partial charge is 0.489 e. The normalized spacial score (nSPS) is 11.6. The summed E-state index contributed by atoms with van der Waals surface area (Å²) < 4.78 is 50.6. The van der Waals surface area contributed by atoms with Gasteiger partial charge in [-0.25, -0.2) is 0 Å². The maximum Gasteiger partial charge on any atom is 0.488 e. The first-order valence-electron chi connectivity index (χ1n) is 8.83. The van der Waals surface area contributed by atoms with Crippen molar-refractivity contribution in [3.63, 3.8) is 0 Å². The average molecular weight is 389 g/mol. The van der Waals surface area contributed by atoms with E-state index >= 15 is 0 Å². The van der Waals surface area contributed by atoms with E-state index in [9.17, 15) is 18.0 Å². The fourth-order valence-corrected chi connectivity index (χ4v) is 3.12. The Bertz CT molecular complexity index is 998. The van der Waals surface area contributed by atoms with Crippen molar-refractivity contribution >= 4 is 30.2 Å². The number of nitrogens with zero attached hydrogens (tertiary/aromatic N) is 1. The van der Waals surface area contributed by atoms with Gasteiger partial charge in [0, 0.05) is 11.8 Å². The van der Waals surface area contributed by atoms with Gasteiger partial charge in [0.05, 0.1) is 18.5 Å². The Kier molecular flexibility index (Phi) is 5.67. The van der Waals surface area contributed by atoms with Crippen LogP contribution in [-0.2, 0) is 28.9 Å². The Labute approximate surface area is 161 Å². The molecule has 3 rings (SSSR count). The Morgan fingerprint density at radius 1 is 1.18 bits per heavy atom. The molecule has 1 heterocycles. The predicted octanol–water partition coefficient (Wildman–Crippen LogP) is 3.06. The summed E-state index contributed by atoms with van der Waals surface area (Å²) in [7, 11) is 1.77. The van der Waals surface area contributed by atoms with Crippen LogP contribution in [0.15, 0.2) is 48.7 Å². The number of hydrogen-bond acceptors (Lipinski definition) is 3. The molecular formula is C20H19BF3NO3. The molecule has 0 fully saturated rings. The van der Waals surface area contributed by atoms with Crippen LogP contribution in [-0.4, -0.2) is 25.0 Å². The zero-order chi connectivity index (χ0) is 20.3. The summed E-state index contributed by atoms with van der Waals surface area (Å²) in [6.45, 7) is 2.11. The van der Waals surface area contributed by atoms with Crippen LogP contribution in [0.5, 0.6) is 5.75 Å². The molecule has 4 nitrogen and oxygen atoms in total. The molecule has 0 saturated heterocycles. The van der Waals surface area contributed by atoms with Gasteiger partial charge in [-0.05, 0) is 36.1 Å². The summed E-state index contributed by atoms with van der Waals surface area (Å²) in [5.41, 5.74) is 2.10. The molecular weight excluding hydrogens is 370 g/mol. The lowest BCUT2D eigenvalue weighted by atomic mass is 9.90. The zero-order valence-corrected chi connectivity index (χ0v) is 15.5. The third-order valence-electron chi connectivity index (χ3n) is 4.35. The number of benzene rings is 2. The van der Waals surface area contributed by atoms with Gasteiger partial charge in [0.15, 0.2) is 0 Å². The monoisotopic (exact) mass is 389 g/mol. The molecule has 0 saturated carbocycles. The molecule has 0 bridgehead atoms.